The molecule has 1 heterocycles. The molecule has 0 amide bonds. The fourth-order valence-corrected chi connectivity index (χ4v) is 1.56. The molecule has 0 aliphatic rings. The van der Waals surface area contributed by atoms with Crippen molar-refractivity contribution in [1.82, 2.24) is 10.2 Å². The summed E-state index contributed by atoms with van der Waals surface area (Å²) in [6, 6.07) is 9.60. The van der Waals surface area contributed by atoms with Gasteiger partial charge in [-0.05, 0) is 12.0 Å². The van der Waals surface area contributed by atoms with Crippen molar-refractivity contribution in [2.45, 2.75) is 25.9 Å². The third-order valence-electron chi connectivity index (χ3n) is 2.50. The number of carbonyl (C=O) groups is 1. The van der Waals surface area contributed by atoms with Crippen molar-refractivity contribution in [3.63, 3.8) is 0 Å². The molecule has 2 N–H and O–H groups in total. The van der Waals surface area contributed by atoms with Gasteiger partial charge in [-0.15, -0.1) is 5.10 Å². The Bertz CT molecular complexity index is 525. The number of aryl methyl sites for hydroxylation is 1. The molecule has 2 rings (SSSR count). The average molecular weight is 261 g/mol. The number of nitrogen functional groups attached to an aromatic ring is 1. The van der Waals surface area contributed by atoms with Crippen LogP contribution in [0, 0.1) is 0 Å². The average Bonchev–Trinajstić information content (AvgIpc) is 2.83. The van der Waals surface area contributed by atoms with E-state index in [9.17, 15) is 4.79 Å². The highest BCUT2D eigenvalue weighted by Crippen LogP contribution is 2.07. The minimum absolute atomic E-state index is 0.0432. The lowest BCUT2D eigenvalue weighted by Crippen LogP contribution is -2.05. The molecule has 0 saturated carbocycles. The monoisotopic (exact) mass is 261 g/mol. The van der Waals surface area contributed by atoms with Gasteiger partial charge >= 0.3 is 12.0 Å². The second-order valence-electron chi connectivity index (χ2n) is 4.03. The van der Waals surface area contributed by atoms with E-state index >= 15 is 0 Å². The molecule has 0 atom stereocenters. The van der Waals surface area contributed by atoms with Crippen molar-refractivity contribution in [3.05, 3.63) is 41.8 Å². The van der Waals surface area contributed by atoms with E-state index in [1.165, 1.54) is 0 Å². The van der Waals surface area contributed by atoms with Gasteiger partial charge in [0.1, 0.15) is 6.61 Å². The Morgan fingerprint density at radius 3 is 2.74 bits per heavy atom. The van der Waals surface area contributed by atoms with E-state index in [1.807, 2.05) is 30.3 Å². The molecular formula is C13H15N3O3. The van der Waals surface area contributed by atoms with Crippen LogP contribution in [0.25, 0.3) is 0 Å². The lowest BCUT2D eigenvalue weighted by molar-refractivity contribution is -0.145. The summed E-state index contributed by atoms with van der Waals surface area (Å²) in [4.78, 5) is 11.5. The zero-order valence-corrected chi connectivity index (χ0v) is 10.4. The van der Waals surface area contributed by atoms with Crippen LogP contribution < -0.4 is 5.73 Å². The van der Waals surface area contributed by atoms with Crippen LogP contribution in [0.15, 0.2) is 34.7 Å². The SMILES string of the molecule is Nc1nnc(CCCC(=O)OCc2ccccc2)o1. The second-order valence-corrected chi connectivity index (χ2v) is 4.03. The van der Waals surface area contributed by atoms with Crippen LogP contribution in [0.3, 0.4) is 0 Å². The molecule has 0 aliphatic carbocycles. The molecule has 100 valence electrons. The normalized spacial score (nSPS) is 10.3. The molecule has 19 heavy (non-hydrogen) atoms. The number of aromatic nitrogens is 2. The van der Waals surface area contributed by atoms with Crippen molar-refractivity contribution in [1.29, 1.82) is 0 Å². The van der Waals surface area contributed by atoms with E-state index in [-0.39, 0.29) is 12.0 Å². The van der Waals surface area contributed by atoms with Crippen LogP contribution in [0.2, 0.25) is 0 Å². The van der Waals surface area contributed by atoms with E-state index in [0.29, 0.717) is 31.8 Å². The van der Waals surface area contributed by atoms with Crippen LogP contribution in [0.5, 0.6) is 0 Å². The third-order valence-corrected chi connectivity index (χ3v) is 2.50. The summed E-state index contributed by atoms with van der Waals surface area (Å²) in [5.41, 5.74) is 6.26. The molecule has 6 nitrogen and oxygen atoms in total. The summed E-state index contributed by atoms with van der Waals surface area (Å²) >= 11 is 0. The van der Waals surface area contributed by atoms with E-state index < -0.39 is 0 Å². The summed E-state index contributed by atoms with van der Waals surface area (Å²) in [6.45, 7) is 0.299. The molecule has 0 aliphatic heterocycles. The first-order chi connectivity index (χ1) is 9.24. The summed E-state index contributed by atoms with van der Waals surface area (Å²) in [5.74, 6) is 0.199. The second kappa shape index (κ2) is 6.53. The number of ether oxygens (including phenoxy) is 1. The summed E-state index contributed by atoms with van der Waals surface area (Å²) in [6.07, 6.45) is 1.43. The van der Waals surface area contributed by atoms with Crippen LogP contribution in [0.1, 0.15) is 24.3 Å². The maximum Gasteiger partial charge on any atom is 0.312 e. The van der Waals surface area contributed by atoms with Crippen LogP contribution in [-0.4, -0.2) is 16.2 Å². The van der Waals surface area contributed by atoms with Crippen LogP contribution >= 0.6 is 0 Å². The third kappa shape index (κ3) is 4.42. The maximum atomic E-state index is 11.5. The molecule has 1 aromatic heterocycles. The smallest absolute Gasteiger partial charge is 0.312 e. The minimum Gasteiger partial charge on any atom is -0.461 e. The van der Waals surface area contributed by atoms with Gasteiger partial charge in [-0.3, -0.25) is 4.79 Å². The van der Waals surface area contributed by atoms with E-state index in [4.69, 9.17) is 14.9 Å². The predicted molar refractivity (Wildman–Crippen MR) is 67.9 cm³/mol. The zero-order valence-electron chi connectivity index (χ0n) is 10.4. The van der Waals surface area contributed by atoms with Gasteiger partial charge in [-0.25, -0.2) is 0 Å². The minimum atomic E-state index is -0.239. The quantitative estimate of drug-likeness (QED) is 0.796. The van der Waals surface area contributed by atoms with Crippen molar-refractivity contribution in [2.75, 3.05) is 5.73 Å². The highest BCUT2D eigenvalue weighted by Gasteiger charge is 2.07. The Morgan fingerprint density at radius 2 is 2.05 bits per heavy atom. The van der Waals surface area contributed by atoms with E-state index in [2.05, 4.69) is 10.2 Å². The summed E-state index contributed by atoms with van der Waals surface area (Å²) in [5, 5.41) is 7.25. The van der Waals surface area contributed by atoms with Gasteiger partial charge in [-0.2, -0.15) is 0 Å². The molecule has 0 fully saturated rings. The summed E-state index contributed by atoms with van der Waals surface area (Å²) < 4.78 is 10.1. The molecule has 1 aromatic carbocycles. The number of hydrogen-bond donors (Lipinski definition) is 1. The number of benzene rings is 1. The van der Waals surface area contributed by atoms with Crippen molar-refractivity contribution < 1.29 is 13.9 Å². The number of esters is 1. The summed E-state index contributed by atoms with van der Waals surface area (Å²) in [7, 11) is 0. The first-order valence-electron chi connectivity index (χ1n) is 6.01. The van der Waals surface area contributed by atoms with Crippen molar-refractivity contribution >= 4 is 12.0 Å². The van der Waals surface area contributed by atoms with Crippen LogP contribution in [0.4, 0.5) is 6.01 Å². The van der Waals surface area contributed by atoms with Gasteiger partial charge in [0.25, 0.3) is 0 Å². The number of hydrogen-bond acceptors (Lipinski definition) is 6. The standard InChI is InChI=1S/C13H15N3O3/c14-13-16-15-11(19-13)7-4-8-12(17)18-9-10-5-2-1-3-6-10/h1-3,5-6H,4,7-9H2,(H2,14,16). The van der Waals surface area contributed by atoms with Gasteiger partial charge in [-0.1, -0.05) is 35.4 Å². The first kappa shape index (κ1) is 13.1. The van der Waals surface area contributed by atoms with Gasteiger partial charge < -0.3 is 14.9 Å². The number of nitrogens with two attached hydrogens (primary N) is 1. The lowest BCUT2D eigenvalue weighted by Gasteiger charge is -2.04. The molecule has 2 aromatic rings. The highest BCUT2D eigenvalue weighted by atomic mass is 16.5. The van der Waals surface area contributed by atoms with Crippen LogP contribution in [-0.2, 0) is 22.6 Å². The van der Waals surface area contributed by atoms with E-state index in [1.54, 1.807) is 0 Å². The van der Waals surface area contributed by atoms with Crippen molar-refractivity contribution in [2.24, 2.45) is 0 Å². The Hall–Kier alpha value is -2.37. The van der Waals surface area contributed by atoms with Gasteiger partial charge in [0.2, 0.25) is 5.89 Å². The number of rotatable bonds is 6. The molecule has 0 spiro atoms. The van der Waals surface area contributed by atoms with E-state index in [0.717, 1.165) is 5.56 Å². The highest BCUT2D eigenvalue weighted by molar-refractivity contribution is 5.69. The van der Waals surface area contributed by atoms with Crippen molar-refractivity contribution in [3.8, 4) is 0 Å². The lowest BCUT2D eigenvalue weighted by atomic mass is 10.2. The Kier molecular flexibility index (Phi) is 4.49. The van der Waals surface area contributed by atoms with Gasteiger partial charge in [0, 0.05) is 12.8 Å². The van der Waals surface area contributed by atoms with Gasteiger partial charge in [0.15, 0.2) is 0 Å². The molecule has 0 bridgehead atoms. The largest absolute Gasteiger partial charge is 0.461 e. The molecule has 0 unspecified atom stereocenters. The first-order valence-corrected chi connectivity index (χ1v) is 6.01. The Morgan fingerprint density at radius 1 is 1.26 bits per heavy atom. The topological polar surface area (TPSA) is 91.2 Å². The fraction of sp³-hybridized carbons (Fsp3) is 0.308. The van der Waals surface area contributed by atoms with Gasteiger partial charge in [0.05, 0.1) is 0 Å². The molecule has 6 heteroatoms. The fourth-order valence-electron chi connectivity index (χ4n) is 1.56. The number of anilines is 1. The Labute approximate surface area is 110 Å². The molecule has 0 saturated heterocycles. The Balaban J connectivity index is 1.65. The molecule has 0 radical (unpaired) electrons. The number of nitrogens with zero attached hydrogens (tertiary/aromatic N) is 2. The molecular weight excluding hydrogens is 246 g/mol. The number of carbonyl (C=O) groups excluding carboxylic acids is 1. The predicted octanol–water partition coefficient (Wildman–Crippen LogP) is 1.72. The zero-order chi connectivity index (χ0) is 13.5. The maximum absolute atomic E-state index is 11.5.